The van der Waals surface area contributed by atoms with Crippen molar-refractivity contribution in [1.82, 2.24) is 9.97 Å². The molecule has 1 aromatic carbocycles. The van der Waals surface area contributed by atoms with Gasteiger partial charge in [0.15, 0.2) is 18.5 Å². The summed E-state index contributed by atoms with van der Waals surface area (Å²) in [5.41, 5.74) is 2.81. The normalized spacial score (nSPS) is 12.4. The van der Waals surface area contributed by atoms with E-state index in [0.29, 0.717) is 27.7 Å². The number of esters is 1. The average molecular weight is 415 g/mol. The molecule has 0 spiro atoms. The van der Waals surface area contributed by atoms with Crippen molar-refractivity contribution in [2.75, 3.05) is 6.61 Å². The summed E-state index contributed by atoms with van der Waals surface area (Å²) < 4.78 is 11.1. The quantitative estimate of drug-likeness (QED) is 0.591. The van der Waals surface area contributed by atoms with Gasteiger partial charge in [-0.1, -0.05) is 26.0 Å². The Kier molecular flexibility index (Phi) is 6.07. The molecular formula is C22H26N2O4S. The molecule has 0 fully saturated rings. The van der Waals surface area contributed by atoms with E-state index < -0.39 is 12.1 Å². The molecule has 29 heavy (non-hydrogen) atoms. The van der Waals surface area contributed by atoms with Crippen molar-refractivity contribution in [3.8, 4) is 5.75 Å². The van der Waals surface area contributed by atoms with E-state index in [1.165, 1.54) is 11.3 Å². The van der Waals surface area contributed by atoms with E-state index in [9.17, 15) is 9.59 Å². The van der Waals surface area contributed by atoms with Crippen LogP contribution in [0, 0.1) is 20.8 Å². The second-order valence-corrected chi connectivity index (χ2v) is 8.72. The number of fused-ring (bicyclic) bond motifs is 1. The molecular weight excluding hydrogens is 388 g/mol. The summed E-state index contributed by atoms with van der Waals surface area (Å²) in [7, 11) is 0. The lowest BCUT2D eigenvalue weighted by Crippen LogP contribution is -2.20. The van der Waals surface area contributed by atoms with E-state index in [-0.39, 0.29) is 12.2 Å². The molecule has 0 aliphatic heterocycles. The SMILES string of the molecule is Cc1ccc(C(C)C)cc1OCC(=O)O[C@@H](C)c1nc2sc(C)c(C)c2c(=O)[nH]1. The first-order chi connectivity index (χ1) is 13.7. The fourth-order valence-corrected chi connectivity index (χ4v) is 4.06. The number of H-pyrrole nitrogens is 1. The van der Waals surface area contributed by atoms with Gasteiger partial charge in [-0.15, -0.1) is 11.3 Å². The number of rotatable bonds is 6. The number of carbonyl (C=O) groups is 1. The number of nitrogens with one attached hydrogen (secondary N) is 1. The van der Waals surface area contributed by atoms with Crippen LogP contribution in [-0.2, 0) is 9.53 Å². The highest BCUT2D eigenvalue weighted by atomic mass is 32.1. The maximum absolute atomic E-state index is 12.4. The van der Waals surface area contributed by atoms with Gasteiger partial charge in [-0.05, 0) is 56.4 Å². The Morgan fingerprint density at radius 3 is 2.62 bits per heavy atom. The van der Waals surface area contributed by atoms with Gasteiger partial charge >= 0.3 is 5.97 Å². The number of carbonyl (C=O) groups excluding carboxylic acids is 1. The second-order valence-electron chi connectivity index (χ2n) is 7.51. The Bertz CT molecular complexity index is 1110. The number of ether oxygens (including phenoxy) is 2. The molecule has 3 aromatic rings. The molecule has 0 aliphatic carbocycles. The molecule has 2 aromatic heterocycles. The van der Waals surface area contributed by atoms with Crippen LogP contribution in [0.25, 0.3) is 10.2 Å². The van der Waals surface area contributed by atoms with Crippen molar-refractivity contribution in [2.45, 2.75) is 53.6 Å². The largest absolute Gasteiger partial charge is 0.482 e. The van der Waals surface area contributed by atoms with Gasteiger partial charge in [0.05, 0.1) is 5.39 Å². The van der Waals surface area contributed by atoms with Gasteiger partial charge in [0.25, 0.3) is 5.56 Å². The van der Waals surface area contributed by atoms with E-state index in [1.54, 1.807) is 6.92 Å². The molecule has 0 saturated carbocycles. The summed E-state index contributed by atoms with van der Waals surface area (Å²) in [5, 5.41) is 0.596. The summed E-state index contributed by atoms with van der Waals surface area (Å²) >= 11 is 1.46. The third-order valence-corrected chi connectivity index (χ3v) is 6.08. The minimum Gasteiger partial charge on any atom is -0.482 e. The molecule has 6 nitrogen and oxygen atoms in total. The molecule has 0 amide bonds. The molecule has 0 unspecified atom stereocenters. The third-order valence-electron chi connectivity index (χ3n) is 4.98. The van der Waals surface area contributed by atoms with Crippen LogP contribution in [0.5, 0.6) is 5.75 Å². The van der Waals surface area contributed by atoms with Crippen molar-refractivity contribution in [3.63, 3.8) is 0 Å². The number of aromatic amines is 1. The number of aryl methyl sites for hydroxylation is 3. The van der Waals surface area contributed by atoms with Crippen LogP contribution in [0.1, 0.15) is 60.2 Å². The Morgan fingerprint density at radius 1 is 1.21 bits per heavy atom. The highest BCUT2D eigenvalue weighted by Gasteiger charge is 2.18. The van der Waals surface area contributed by atoms with Crippen LogP contribution >= 0.6 is 11.3 Å². The predicted octanol–water partition coefficient (Wildman–Crippen LogP) is 4.72. The molecule has 0 bridgehead atoms. The zero-order valence-electron chi connectivity index (χ0n) is 17.6. The molecule has 2 heterocycles. The first-order valence-electron chi connectivity index (χ1n) is 9.60. The Balaban J connectivity index is 1.69. The first-order valence-corrected chi connectivity index (χ1v) is 10.4. The Morgan fingerprint density at radius 2 is 1.93 bits per heavy atom. The number of nitrogens with zero attached hydrogens (tertiary/aromatic N) is 1. The van der Waals surface area contributed by atoms with Crippen molar-refractivity contribution in [1.29, 1.82) is 0 Å². The number of thiophene rings is 1. The molecule has 3 rings (SSSR count). The van der Waals surface area contributed by atoms with Crippen LogP contribution in [0.3, 0.4) is 0 Å². The number of aromatic nitrogens is 2. The van der Waals surface area contributed by atoms with Gasteiger partial charge in [-0.2, -0.15) is 0 Å². The monoisotopic (exact) mass is 414 g/mol. The lowest BCUT2D eigenvalue weighted by atomic mass is 10.0. The lowest BCUT2D eigenvalue weighted by Gasteiger charge is -2.15. The lowest BCUT2D eigenvalue weighted by molar-refractivity contribution is -0.151. The number of benzene rings is 1. The van der Waals surface area contributed by atoms with Gasteiger partial charge in [0.1, 0.15) is 10.6 Å². The van der Waals surface area contributed by atoms with Crippen LogP contribution < -0.4 is 10.3 Å². The van der Waals surface area contributed by atoms with Crippen molar-refractivity contribution in [2.24, 2.45) is 0 Å². The third kappa shape index (κ3) is 4.50. The summed E-state index contributed by atoms with van der Waals surface area (Å²) in [6, 6.07) is 5.98. The van der Waals surface area contributed by atoms with E-state index in [0.717, 1.165) is 21.6 Å². The summed E-state index contributed by atoms with van der Waals surface area (Å²) in [6.45, 7) is 11.5. The van der Waals surface area contributed by atoms with E-state index in [2.05, 4.69) is 29.9 Å². The van der Waals surface area contributed by atoms with Crippen molar-refractivity contribution >= 4 is 27.5 Å². The Hall–Kier alpha value is -2.67. The summed E-state index contributed by atoms with van der Waals surface area (Å²) in [4.78, 5) is 33.6. The van der Waals surface area contributed by atoms with E-state index >= 15 is 0 Å². The Labute approximate surface area is 173 Å². The fourth-order valence-electron chi connectivity index (χ4n) is 3.02. The first kappa shape index (κ1) is 21.0. The zero-order valence-corrected chi connectivity index (χ0v) is 18.4. The van der Waals surface area contributed by atoms with Gasteiger partial charge in [-0.3, -0.25) is 4.79 Å². The number of hydrogen-bond acceptors (Lipinski definition) is 6. The van der Waals surface area contributed by atoms with Crippen LogP contribution in [0.2, 0.25) is 0 Å². The molecule has 7 heteroatoms. The minimum atomic E-state index is -0.686. The van der Waals surface area contributed by atoms with Crippen molar-refractivity contribution in [3.05, 3.63) is 55.9 Å². The highest BCUT2D eigenvalue weighted by molar-refractivity contribution is 7.18. The molecule has 1 atom stereocenters. The van der Waals surface area contributed by atoms with Gasteiger partial charge in [0.2, 0.25) is 0 Å². The van der Waals surface area contributed by atoms with Gasteiger partial charge < -0.3 is 14.5 Å². The van der Waals surface area contributed by atoms with Crippen LogP contribution in [-0.4, -0.2) is 22.5 Å². The maximum atomic E-state index is 12.4. The molecule has 154 valence electrons. The smallest absolute Gasteiger partial charge is 0.344 e. The van der Waals surface area contributed by atoms with Crippen LogP contribution in [0.4, 0.5) is 0 Å². The average Bonchev–Trinajstić information content (AvgIpc) is 2.95. The molecule has 0 radical (unpaired) electrons. The predicted molar refractivity (Wildman–Crippen MR) is 115 cm³/mol. The summed E-state index contributed by atoms with van der Waals surface area (Å²) in [5.74, 6) is 0.841. The second kappa shape index (κ2) is 8.37. The highest BCUT2D eigenvalue weighted by Crippen LogP contribution is 2.27. The van der Waals surface area contributed by atoms with E-state index in [1.807, 2.05) is 32.9 Å². The zero-order chi connectivity index (χ0) is 21.3. The van der Waals surface area contributed by atoms with Gasteiger partial charge in [0, 0.05) is 4.88 Å². The van der Waals surface area contributed by atoms with Crippen molar-refractivity contribution < 1.29 is 14.3 Å². The van der Waals surface area contributed by atoms with E-state index in [4.69, 9.17) is 9.47 Å². The molecule has 0 aliphatic rings. The maximum Gasteiger partial charge on any atom is 0.344 e. The standard InChI is InChI=1S/C22H26N2O4S/c1-11(2)16-8-7-12(3)17(9-16)27-10-18(25)28-14(5)20-23-21(26)19-13(4)15(6)29-22(19)24-20/h7-9,11,14H,10H2,1-6H3,(H,23,24,26)/t14-/m0/s1. The minimum absolute atomic E-state index is 0.212. The molecule has 0 saturated heterocycles. The fraction of sp³-hybridized carbons (Fsp3) is 0.409. The molecule has 1 N–H and O–H groups in total. The topological polar surface area (TPSA) is 81.3 Å². The van der Waals surface area contributed by atoms with Crippen LogP contribution in [0.15, 0.2) is 23.0 Å². The van der Waals surface area contributed by atoms with Gasteiger partial charge in [-0.25, -0.2) is 9.78 Å². The summed E-state index contributed by atoms with van der Waals surface area (Å²) in [6.07, 6.45) is -0.686. The number of hydrogen-bond donors (Lipinski definition) is 1.